The number of aliphatic hydroxyl groups excluding tert-OH is 2. The number of hydrogen-bond donors (Lipinski definition) is 3. The summed E-state index contributed by atoms with van der Waals surface area (Å²) in [7, 11) is 0. The molecule has 0 aliphatic heterocycles. The van der Waals surface area contributed by atoms with Gasteiger partial charge < -0.3 is 20.3 Å². The Morgan fingerprint density at radius 2 is 0.635 bits per heavy atom. The average molecular weight is 1040 g/mol. The van der Waals surface area contributed by atoms with Gasteiger partial charge in [-0.15, -0.1) is 0 Å². The molecule has 6 nitrogen and oxygen atoms in total. The molecule has 0 rings (SSSR count). The highest BCUT2D eigenvalue weighted by molar-refractivity contribution is 5.76. The van der Waals surface area contributed by atoms with E-state index in [1.54, 1.807) is 0 Å². The number of ether oxygens (including phenoxy) is 1. The van der Waals surface area contributed by atoms with Crippen LogP contribution in [0.2, 0.25) is 0 Å². The van der Waals surface area contributed by atoms with E-state index in [2.05, 4.69) is 31.3 Å². The fourth-order valence-corrected chi connectivity index (χ4v) is 10.9. The molecule has 6 heteroatoms. The van der Waals surface area contributed by atoms with Gasteiger partial charge in [0.2, 0.25) is 5.91 Å². The SMILES string of the molecule is CCCCCCCCCCCCCCCCCCCC(=O)OCCCCCCCCCCCCCC/C=C\CCCCCCCCCCCCCCCCC(=O)NC(CO)C(O)CCCCCCCCCCCC. The number of rotatable bonds is 64. The lowest BCUT2D eigenvalue weighted by Crippen LogP contribution is -2.45. The Hall–Kier alpha value is -1.40. The van der Waals surface area contributed by atoms with Crippen LogP contribution >= 0.6 is 0 Å². The van der Waals surface area contributed by atoms with Gasteiger partial charge in [0.15, 0.2) is 0 Å². The highest BCUT2D eigenvalue weighted by Gasteiger charge is 2.20. The second kappa shape index (κ2) is 64.1. The first-order valence-corrected chi connectivity index (χ1v) is 33.9. The molecule has 3 N–H and O–H groups in total. The van der Waals surface area contributed by atoms with Crippen molar-refractivity contribution in [1.82, 2.24) is 5.32 Å². The normalized spacial score (nSPS) is 12.5. The second-order valence-electron chi connectivity index (χ2n) is 23.5. The van der Waals surface area contributed by atoms with Gasteiger partial charge in [-0.05, 0) is 51.4 Å². The first kappa shape index (κ1) is 72.6. The van der Waals surface area contributed by atoms with Crippen molar-refractivity contribution in [3.05, 3.63) is 12.2 Å². The quantitative estimate of drug-likeness (QED) is 0.0320. The van der Waals surface area contributed by atoms with Crippen molar-refractivity contribution in [2.45, 2.75) is 398 Å². The molecule has 0 aromatic carbocycles. The lowest BCUT2D eigenvalue weighted by molar-refractivity contribution is -0.143. The molecular formula is C68H133NO5. The third kappa shape index (κ3) is 59.8. The Kier molecular flexibility index (Phi) is 62.9. The van der Waals surface area contributed by atoms with Gasteiger partial charge >= 0.3 is 5.97 Å². The van der Waals surface area contributed by atoms with E-state index in [0.717, 1.165) is 38.5 Å². The molecular weight excluding hydrogens is 911 g/mol. The summed E-state index contributed by atoms with van der Waals surface area (Å²) in [5, 5.41) is 23.2. The highest BCUT2D eigenvalue weighted by atomic mass is 16.5. The Morgan fingerprint density at radius 3 is 0.959 bits per heavy atom. The van der Waals surface area contributed by atoms with Gasteiger partial charge in [-0.25, -0.2) is 0 Å². The zero-order valence-electron chi connectivity index (χ0n) is 50.4. The van der Waals surface area contributed by atoms with Crippen LogP contribution in [-0.4, -0.2) is 47.4 Å². The zero-order valence-corrected chi connectivity index (χ0v) is 50.4. The molecule has 0 radical (unpaired) electrons. The Bertz CT molecular complexity index is 1110. The van der Waals surface area contributed by atoms with Crippen LogP contribution in [0.15, 0.2) is 12.2 Å². The third-order valence-corrected chi connectivity index (χ3v) is 16.1. The van der Waals surface area contributed by atoms with Crippen molar-refractivity contribution in [3.8, 4) is 0 Å². The van der Waals surface area contributed by atoms with Crippen molar-refractivity contribution in [3.63, 3.8) is 0 Å². The molecule has 0 fully saturated rings. The maximum absolute atomic E-state index is 12.4. The summed E-state index contributed by atoms with van der Waals surface area (Å²) >= 11 is 0. The molecule has 440 valence electrons. The van der Waals surface area contributed by atoms with Crippen LogP contribution in [0, 0.1) is 0 Å². The van der Waals surface area contributed by atoms with Gasteiger partial charge in [-0.1, -0.05) is 334 Å². The number of amides is 1. The molecule has 1 amide bonds. The number of unbranched alkanes of at least 4 members (excludes halogenated alkanes) is 51. The summed E-state index contributed by atoms with van der Waals surface area (Å²) in [5.74, 6) is -0.0114. The topological polar surface area (TPSA) is 95.9 Å². The van der Waals surface area contributed by atoms with E-state index >= 15 is 0 Å². The largest absolute Gasteiger partial charge is 0.466 e. The fraction of sp³-hybridized carbons (Fsp3) is 0.941. The number of allylic oxidation sites excluding steroid dienone is 2. The smallest absolute Gasteiger partial charge is 0.305 e. The van der Waals surface area contributed by atoms with Gasteiger partial charge in [0, 0.05) is 12.8 Å². The van der Waals surface area contributed by atoms with Crippen LogP contribution in [0.4, 0.5) is 0 Å². The number of aliphatic hydroxyl groups is 2. The van der Waals surface area contributed by atoms with Crippen molar-refractivity contribution >= 4 is 11.9 Å². The van der Waals surface area contributed by atoms with Crippen molar-refractivity contribution in [1.29, 1.82) is 0 Å². The average Bonchev–Trinajstić information content (AvgIpc) is 3.40. The van der Waals surface area contributed by atoms with Crippen molar-refractivity contribution in [2.24, 2.45) is 0 Å². The van der Waals surface area contributed by atoms with Crippen LogP contribution in [-0.2, 0) is 14.3 Å². The van der Waals surface area contributed by atoms with E-state index < -0.39 is 12.1 Å². The molecule has 0 saturated carbocycles. The van der Waals surface area contributed by atoms with Crippen LogP contribution in [0.5, 0.6) is 0 Å². The predicted octanol–water partition coefficient (Wildman–Crippen LogP) is 21.6. The van der Waals surface area contributed by atoms with E-state index in [1.165, 1.54) is 315 Å². The predicted molar refractivity (Wildman–Crippen MR) is 324 cm³/mol. The van der Waals surface area contributed by atoms with Crippen LogP contribution in [0.25, 0.3) is 0 Å². The lowest BCUT2D eigenvalue weighted by Gasteiger charge is -2.22. The Balaban J connectivity index is 3.32. The first-order chi connectivity index (χ1) is 36.5. The van der Waals surface area contributed by atoms with E-state index in [-0.39, 0.29) is 18.5 Å². The number of carbonyl (C=O) groups is 2. The maximum Gasteiger partial charge on any atom is 0.305 e. The van der Waals surface area contributed by atoms with Gasteiger partial charge in [0.1, 0.15) is 0 Å². The van der Waals surface area contributed by atoms with Crippen LogP contribution in [0.3, 0.4) is 0 Å². The number of nitrogens with one attached hydrogen (secondary N) is 1. The Labute approximate surface area is 463 Å². The molecule has 0 saturated heterocycles. The summed E-state index contributed by atoms with van der Waals surface area (Å²) in [4.78, 5) is 24.5. The number of hydrogen-bond acceptors (Lipinski definition) is 5. The molecule has 74 heavy (non-hydrogen) atoms. The highest BCUT2D eigenvalue weighted by Crippen LogP contribution is 2.19. The molecule has 2 atom stereocenters. The second-order valence-corrected chi connectivity index (χ2v) is 23.5. The van der Waals surface area contributed by atoms with Crippen molar-refractivity contribution in [2.75, 3.05) is 13.2 Å². The maximum atomic E-state index is 12.4. The van der Waals surface area contributed by atoms with Gasteiger partial charge in [0.25, 0.3) is 0 Å². The van der Waals surface area contributed by atoms with Gasteiger partial charge in [0.05, 0.1) is 25.4 Å². The van der Waals surface area contributed by atoms with E-state index in [9.17, 15) is 19.8 Å². The molecule has 0 bridgehead atoms. The van der Waals surface area contributed by atoms with E-state index in [0.29, 0.717) is 25.9 Å². The standard InChI is InChI=1S/C68H133NO5/c1-3-5-7-9-11-13-15-16-17-32-36-39-42-46-50-54-58-62-68(73)74-63-59-55-51-47-43-40-37-34-31-29-27-25-23-21-19-18-20-22-24-26-28-30-33-35-38-41-45-49-53-57-61-67(72)69-65(64-70)66(71)60-56-52-48-44-14-12-10-8-6-4-2/h19,21,65-66,70-71H,3-18,20,22-64H2,1-2H3,(H,69,72)/b21-19-. The zero-order chi connectivity index (χ0) is 53.6. The molecule has 0 heterocycles. The number of carbonyl (C=O) groups excluding carboxylic acids is 2. The fourth-order valence-electron chi connectivity index (χ4n) is 10.9. The number of esters is 1. The molecule has 0 aliphatic carbocycles. The van der Waals surface area contributed by atoms with Crippen LogP contribution < -0.4 is 5.32 Å². The van der Waals surface area contributed by atoms with Gasteiger partial charge in [-0.3, -0.25) is 9.59 Å². The minimum Gasteiger partial charge on any atom is -0.466 e. The van der Waals surface area contributed by atoms with Gasteiger partial charge in [-0.2, -0.15) is 0 Å². The third-order valence-electron chi connectivity index (χ3n) is 16.1. The molecule has 2 unspecified atom stereocenters. The first-order valence-electron chi connectivity index (χ1n) is 33.9. The summed E-state index contributed by atoms with van der Waals surface area (Å²) < 4.78 is 5.51. The molecule has 0 aliphatic rings. The van der Waals surface area contributed by atoms with E-state index in [1.807, 2.05) is 0 Å². The summed E-state index contributed by atoms with van der Waals surface area (Å²) in [6.07, 6.45) is 78.4. The monoisotopic (exact) mass is 1040 g/mol. The summed E-state index contributed by atoms with van der Waals surface area (Å²) in [6, 6.07) is -0.538. The molecule has 0 aromatic heterocycles. The van der Waals surface area contributed by atoms with E-state index in [4.69, 9.17) is 4.74 Å². The molecule has 0 spiro atoms. The summed E-state index contributed by atoms with van der Waals surface area (Å²) in [5.41, 5.74) is 0. The minimum absolute atomic E-state index is 0.0218. The lowest BCUT2D eigenvalue weighted by atomic mass is 10.0. The Morgan fingerprint density at radius 1 is 0.365 bits per heavy atom. The minimum atomic E-state index is -0.660. The summed E-state index contributed by atoms with van der Waals surface area (Å²) in [6.45, 7) is 4.97. The molecule has 0 aromatic rings. The van der Waals surface area contributed by atoms with Crippen LogP contribution in [0.1, 0.15) is 386 Å². The van der Waals surface area contributed by atoms with Crippen molar-refractivity contribution < 1.29 is 24.5 Å².